The van der Waals surface area contributed by atoms with E-state index < -0.39 is 8.60 Å². The number of fused-ring (bicyclic) bond motifs is 2. The fourth-order valence-electron chi connectivity index (χ4n) is 6.19. The monoisotopic (exact) mass is 718 g/mol. The lowest BCUT2D eigenvalue weighted by Gasteiger charge is -2.34. The van der Waals surface area contributed by atoms with Crippen molar-refractivity contribution in [3.8, 4) is 17.2 Å². The molecule has 0 spiro atoms. The molecule has 0 aliphatic carbocycles. The Kier molecular flexibility index (Phi) is 11.8. The van der Waals surface area contributed by atoms with E-state index in [2.05, 4.69) is 128 Å². The average Bonchev–Trinajstić information content (AvgIpc) is 2.96. The number of ether oxygens (including phenoxy) is 1. The predicted molar refractivity (Wildman–Crippen MR) is 211 cm³/mol. The molecule has 1 heterocycles. The fourth-order valence-corrected chi connectivity index (χ4v) is 7.28. The third-order valence-corrected chi connectivity index (χ3v) is 10.5. The molecule has 51 heavy (non-hydrogen) atoms. The summed E-state index contributed by atoms with van der Waals surface area (Å²) in [6.07, 6.45) is 1.42. The summed E-state index contributed by atoms with van der Waals surface area (Å²) in [4.78, 5) is 12.8. The summed E-state index contributed by atoms with van der Waals surface area (Å²) in [5, 5.41) is 10.3. The minimum atomic E-state index is -1.90. The smallest absolute Gasteiger partial charge is 0.463 e. The van der Waals surface area contributed by atoms with Gasteiger partial charge < -0.3 is 18.9 Å². The van der Waals surface area contributed by atoms with Gasteiger partial charge in [-0.1, -0.05) is 140 Å². The van der Waals surface area contributed by atoms with Gasteiger partial charge in [0.2, 0.25) is 0 Å². The molecule has 0 amide bonds. The highest BCUT2D eigenvalue weighted by Gasteiger charge is 2.35. The number of carbonyl (C=O) groups is 1. The molecule has 1 aliphatic rings. The molecule has 0 fully saturated rings. The summed E-state index contributed by atoms with van der Waals surface area (Å²) in [7, 11) is -1.90. The van der Waals surface area contributed by atoms with E-state index in [1.165, 1.54) is 11.1 Å². The zero-order chi connectivity index (χ0) is 38.3. The number of hydrogen-bond donors (Lipinski definition) is 1. The van der Waals surface area contributed by atoms with Crippen LogP contribution < -0.4 is 9.05 Å². The molecule has 0 radical (unpaired) electrons. The highest BCUT2D eigenvalue weighted by molar-refractivity contribution is 7.42. The summed E-state index contributed by atoms with van der Waals surface area (Å²) < 4.78 is 25.6. The number of esters is 1. The molecule has 3 aromatic rings. The number of carbonyl (C=O) groups excluding carboxylic acids is 1. The molecule has 6 nitrogen and oxygen atoms in total. The Bertz CT molecular complexity index is 1640. The first kappa shape index (κ1) is 40.7. The van der Waals surface area contributed by atoms with Crippen LogP contribution in [0.15, 0.2) is 42.5 Å². The number of phenols is 1. The van der Waals surface area contributed by atoms with Crippen molar-refractivity contribution < 1.29 is 28.2 Å². The fraction of sp³-hybridized carbons (Fsp3) is 0.568. The SMILES string of the molecule is CC(C)(C)c1cc2c(c(C(C)(C)C)c1)OP(OCCOC(=O)CCc1ccc(O)c(C(C)(C)C)c1)Oc1c(cc(C(C)(C)C)cc1C(C)(C)C)C2. The number of phenolic OH excluding ortho intramolecular Hbond substituents is 1. The Balaban J connectivity index is 1.64. The molecule has 1 aliphatic heterocycles. The third-order valence-electron chi connectivity index (χ3n) is 9.42. The normalized spacial score (nSPS) is 14.5. The first-order valence-corrected chi connectivity index (χ1v) is 19.5. The van der Waals surface area contributed by atoms with Gasteiger partial charge in [-0.2, -0.15) is 0 Å². The van der Waals surface area contributed by atoms with Gasteiger partial charge in [-0.05, 0) is 72.9 Å². The molecule has 0 bridgehead atoms. The van der Waals surface area contributed by atoms with Crippen LogP contribution in [0, 0.1) is 0 Å². The second kappa shape index (κ2) is 14.7. The number of aromatic hydroxyl groups is 1. The second-order valence-electron chi connectivity index (χ2n) is 19.3. The number of rotatable bonds is 7. The van der Waals surface area contributed by atoms with E-state index in [1.54, 1.807) is 6.07 Å². The van der Waals surface area contributed by atoms with Crippen LogP contribution in [0.4, 0.5) is 0 Å². The molecule has 0 unspecified atom stereocenters. The molecule has 0 aromatic heterocycles. The topological polar surface area (TPSA) is 74.2 Å². The lowest BCUT2D eigenvalue weighted by atomic mass is 9.76. The van der Waals surface area contributed by atoms with Gasteiger partial charge in [0.15, 0.2) is 0 Å². The van der Waals surface area contributed by atoms with E-state index in [0.717, 1.165) is 44.9 Å². The van der Waals surface area contributed by atoms with Crippen LogP contribution in [0.2, 0.25) is 0 Å². The zero-order valence-electron chi connectivity index (χ0n) is 34.0. The third kappa shape index (κ3) is 10.3. The zero-order valence-corrected chi connectivity index (χ0v) is 34.9. The van der Waals surface area contributed by atoms with E-state index in [-0.39, 0.29) is 58.4 Å². The summed E-state index contributed by atoms with van der Waals surface area (Å²) in [6, 6.07) is 14.7. The first-order valence-electron chi connectivity index (χ1n) is 18.4. The standard InChI is InChI=1S/C44H63O6P/c1-40(2,3)31-24-29-23-30-25-32(41(4,5)6)27-35(44(13,14)15)39(30)50-51(49-38(29)34(26-31)43(10,11)12)48-21-20-47-37(46)19-17-28-16-18-36(45)33(22-28)42(7,8)9/h16,18,22,24-27,45H,17,19-21,23H2,1-15H3. The van der Waals surface area contributed by atoms with E-state index in [9.17, 15) is 9.90 Å². The maximum atomic E-state index is 12.8. The number of benzene rings is 3. The van der Waals surface area contributed by atoms with Gasteiger partial charge in [0.05, 0.1) is 6.61 Å². The maximum absolute atomic E-state index is 12.8. The van der Waals surface area contributed by atoms with Crippen molar-refractivity contribution in [2.24, 2.45) is 0 Å². The van der Waals surface area contributed by atoms with Crippen LogP contribution in [-0.4, -0.2) is 24.3 Å². The van der Waals surface area contributed by atoms with Crippen molar-refractivity contribution in [1.29, 1.82) is 0 Å². The van der Waals surface area contributed by atoms with Gasteiger partial charge >= 0.3 is 14.6 Å². The average molecular weight is 719 g/mol. The van der Waals surface area contributed by atoms with Gasteiger partial charge in [-0.25, -0.2) is 0 Å². The van der Waals surface area contributed by atoms with E-state index >= 15 is 0 Å². The van der Waals surface area contributed by atoms with Gasteiger partial charge in [0, 0.05) is 24.0 Å². The van der Waals surface area contributed by atoms with Gasteiger partial charge in [-0.3, -0.25) is 9.32 Å². The lowest BCUT2D eigenvalue weighted by Crippen LogP contribution is -2.22. The molecule has 0 saturated carbocycles. The van der Waals surface area contributed by atoms with Crippen LogP contribution in [0.1, 0.15) is 155 Å². The molecular formula is C44H63O6P. The van der Waals surface area contributed by atoms with Crippen molar-refractivity contribution in [2.45, 2.75) is 150 Å². The van der Waals surface area contributed by atoms with Crippen LogP contribution in [0.3, 0.4) is 0 Å². The number of aryl methyl sites for hydroxylation is 1. The predicted octanol–water partition coefficient (Wildman–Crippen LogP) is 11.7. The van der Waals surface area contributed by atoms with Crippen LogP contribution in [0.25, 0.3) is 0 Å². The first-order chi connectivity index (χ1) is 23.2. The summed E-state index contributed by atoms with van der Waals surface area (Å²) in [6.45, 7) is 33.2. The second-order valence-corrected chi connectivity index (χ2v) is 20.3. The summed E-state index contributed by atoms with van der Waals surface area (Å²) in [5.41, 5.74) is 8.15. The summed E-state index contributed by atoms with van der Waals surface area (Å²) in [5.74, 6) is 1.59. The van der Waals surface area contributed by atoms with E-state index in [0.29, 0.717) is 12.8 Å². The Labute approximate surface area is 309 Å². The van der Waals surface area contributed by atoms with E-state index in [4.69, 9.17) is 18.3 Å². The minimum absolute atomic E-state index is 0.0527. The minimum Gasteiger partial charge on any atom is -0.508 e. The molecular weight excluding hydrogens is 655 g/mol. The van der Waals surface area contributed by atoms with Crippen LogP contribution in [0.5, 0.6) is 17.2 Å². The van der Waals surface area contributed by atoms with Crippen molar-refractivity contribution in [3.63, 3.8) is 0 Å². The molecule has 280 valence electrons. The molecule has 4 rings (SSSR count). The van der Waals surface area contributed by atoms with Crippen molar-refractivity contribution >= 4 is 14.6 Å². The molecule has 3 aromatic carbocycles. The van der Waals surface area contributed by atoms with E-state index in [1.807, 2.05) is 12.1 Å². The molecule has 0 saturated heterocycles. The Hall–Kier alpha value is -3.08. The molecule has 0 atom stereocenters. The highest BCUT2D eigenvalue weighted by Crippen LogP contribution is 2.53. The highest BCUT2D eigenvalue weighted by atomic mass is 31.2. The van der Waals surface area contributed by atoms with Gasteiger partial charge in [0.1, 0.15) is 23.9 Å². The number of hydrogen-bond acceptors (Lipinski definition) is 6. The molecule has 7 heteroatoms. The van der Waals surface area contributed by atoms with Gasteiger partial charge in [0.25, 0.3) is 0 Å². The Morgan fingerprint density at radius 3 is 1.55 bits per heavy atom. The van der Waals surface area contributed by atoms with Gasteiger partial charge in [-0.15, -0.1) is 0 Å². The Morgan fingerprint density at radius 1 is 0.647 bits per heavy atom. The largest absolute Gasteiger partial charge is 0.508 e. The summed E-state index contributed by atoms with van der Waals surface area (Å²) >= 11 is 0. The van der Waals surface area contributed by atoms with Crippen molar-refractivity contribution in [2.75, 3.05) is 13.2 Å². The van der Waals surface area contributed by atoms with Crippen molar-refractivity contribution in [1.82, 2.24) is 0 Å². The Morgan fingerprint density at radius 2 is 1.12 bits per heavy atom. The van der Waals surface area contributed by atoms with Crippen LogP contribution >= 0.6 is 8.60 Å². The maximum Gasteiger partial charge on any atom is 0.463 e. The molecule has 1 N–H and O–H groups in total. The van der Waals surface area contributed by atoms with Crippen LogP contribution in [-0.2, 0) is 54.0 Å². The van der Waals surface area contributed by atoms with Crippen molar-refractivity contribution in [3.05, 3.63) is 87.0 Å². The quantitative estimate of drug-likeness (QED) is 0.149. The lowest BCUT2D eigenvalue weighted by molar-refractivity contribution is -0.144.